The molecule has 0 radical (unpaired) electrons. The number of hydrogen-bond donors (Lipinski definition) is 3. The summed E-state index contributed by atoms with van der Waals surface area (Å²) >= 11 is 0. The monoisotopic (exact) mass is 302 g/mol. The van der Waals surface area contributed by atoms with Crippen LogP contribution in [0.25, 0.3) is 0 Å². The van der Waals surface area contributed by atoms with Crippen molar-refractivity contribution in [3.63, 3.8) is 0 Å². The summed E-state index contributed by atoms with van der Waals surface area (Å²) in [7, 11) is 0. The van der Waals surface area contributed by atoms with Gasteiger partial charge in [-0.2, -0.15) is 0 Å². The zero-order chi connectivity index (χ0) is 15.6. The summed E-state index contributed by atoms with van der Waals surface area (Å²) < 4.78 is 5.64. The third-order valence-corrected chi connectivity index (χ3v) is 4.22. The molecule has 1 fully saturated rings. The molecule has 2 aliphatic rings. The maximum absolute atomic E-state index is 11.3. The van der Waals surface area contributed by atoms with Crippen molar-refractivity contribution >= 4 is 11.9 Å². The first-order chi connectivity index (χ1) is 10.6. The number of carbonyl (C=O) groups is 1. The average molecular weight is 302 g/mol. The molecule has 0 aromatic heterocycles. The third-order valence-electron chi connectivity index (χ3n) is 4.22. The number of ether oxygens (including phenoxy) is 1. The van der Waals surface area contributed by atoms with Gasteiger partial charge in [-0.1, -0.05) is 18.2 Å². The van der Waals surface area contributed by atoms with Crippen LogP contribution in [-0.2, 0) is 4.79 Å². The van der Waals surface area contributed by atoms with Gasteiger partial charge in [0.2, 0.25) is 5.91 Å². The number of rotatable bonds is 3. The molecule has 2 atom stereocenters. The fraction of sp³-hybridized carbons (Fsp3) is 0.500. The van der Waals surface area contributed by atoms with Gasteiger partial charge in [-0.25, -0.2) is 0 Å². The molecule has 6 heteroatoms. The van der Waals surface area contributed by atoms with E-state index in [-0.39, 0.29) is 17.5 Å². The molecule has 0 bridgehead atoms. The smallest absolute Gasteiger partial charge is 0.220 e. The van der Waals surface area contributed by atoms with E-state index in [1.165, 1.54) is 0 Å². The summed E-state index contributed by atoms with van der Waals surface area (Å²) in [6.07, 6.45) is 2.21. The van der Waals surface area contributed by atoms with Crippen LogP contribution < -0.4 is 21.1 Å². The van der Waals surface area contributed by atoms with E-state index in [1.807, 2.05) is 31.2 Å². The molecule has 2 aliphatic heterocycles. The number of carbonyl (C=O) groups excluding carboxylic acids is 1. The molecule has 3 rings (SSSR count). The van der Waals surface area contributed by atoms with Crippen LogP contribution in [0.2, 0.25) is 0 Å². The van der Waals surface area contributed by atoms with E-state index in [4.69, 9.17) is 10.5 Å². The van der Waals surface area contributed by atoms with E-state index in [0.29, 0.717) is 25.5 Å². The van der Waals surface area contributed by atoms with Crippen molar-refractivity contribution in [3.05, 3.63) is 29.8 Å². The van der Waals surface area contributed by atoms with Crippen LogP contribution in [0.3, 0.4) is 0 Å². The highest BCUT2D eigenvalue weighted by molar-refractivity contribution is 5.80. The number of nitrogens with one attached hydrogen (secondary N) is 2. The Morgan fingerprint density at radius 3 is 3.14 bits per heavy atom. The van der Waals surface area contributed by atoms with Gasteiger partial charge >= 0.3 is 0 Å². The van der Waals surface area contributed by atoms with E-state index < -0.39 is 0 Å². The van der Waals surface area contributed by atoms with Gasteiger partial charge in [0.15, 0.2) is 5.96 Å². The molecular formula is C16H22N4O2. The number of hydrogen-bond acceptors (Lipinski definition) is 3. The largest absolute Gasteiger partial charge is 0.493 e. The Labute approximate surface area is 130 Å². The Balaban J connectivity index is 1.64. The number of nitrogens with two attached hydrogens (primary N) is 1. The van der Waals surface area contributed by atoms with E-state index >= 15 is 0 Å². The van der Waals surface area contributed by atoms with Crippen molar-refractivity contribution < 1.29 is 9.53 Å². The number of amides is 1. The lowest BCUT2D eigenvalue weighted by Gasteiger charge is -2.27. The Kier molecular flexibility index (Phi) is 3.92. The van der Waals surface area contributed by atoms with E-state index in [9.17, 15) is 4.79 Å². The summed E-state index contributed by atoms with van der Waals surface area (Å²) in [4.78, 5) is 15.7. The van der Waals surface area contributed by atoms with E-state index in [1.54, 1.807) is 0 Å². The minimum absolute atomic E-state index is 0.0857. The molecule has 2 unspecified atom stereocenters. The van der Waals surface area contributed by atoms with Gasteiger partial charge in [0, 0.05) is 18.4 Å². The normalized spacial score (nSPS) is 27.8. The zero-order valence-electron chi connectivity index (χ0n) is 12.8. The van der Waals surface area contributed by atoms with Gasteiger partial charge < -0.3 is 21.1 Å². The maximum atomic E-state index is 11.3. The predicted molar refractivity (Wildman–Crippen MR) is 84.7 cm³/mol. The van der Waals surface area contributed by atoms with Gasteiger partial charge in [-0.05, 0) is 19.4 Å². The SMILES string of the molecule is CC1(CN=C(N)NC2CCOc3ccccc32)CCC(=O)N1. The van der Waals surface area contributed by atoms with Crippen molar-refractivity contribution in [2.45, 2.75) is 37.8 Å². The molecule has 0 spiro atoms. The summed E-state index contributed by atoms with van der Waals surface area (Å²) in [5.41, 5.74) is 6.84. The molecular weight excluding hydrogens is 280 g/mol. The Morgan fingerprint density at radius 1 is 1.55 bits per heavy atom. The summed E-state index contributed by atoms with van der Waals surface area (Å²) in [5, 5.41) is 6.22. The number of benzene rings is 1. The van der Waals surface area contributed by atoms with Gasteiger partial charge in [0.25, 0.3) is 0 Å². The van der Waals surface area contributed by atoms with Crippen molar-refractivity contribution in [2.24, 2.45) is 10.7 Å². The quantitative estimate of drug-likeness (QED) is 0.576. The highest BCUT2D eigenvalue weighted by Gasteiger charge is 2.32. The van der Waals surface area contributed by atoms with Gasteiger partial charge in [-0.15, -0.1) is 0 Å². The highest BCUT2D eigenvalue weighted by atomic mass is 16.5. The van der Waals surface area contributed by atoms with Crippen molar-refractivity contribution in [2.75, 3.05) is 13.2 Å². The second-order valence-corrected chi connectivity index (χ2v) is 6.18. The maximum Gasteiger partial charge on any atom is 0.220 e. The number of fused-ring (bicyclic) bond motifs is 1. The molecule has 1 aromatic carbocycles. The van der Waals surface area contributed by atoms with Crippen LogP contribution in [-0.4, -0.2) is 30.6 Å². The molecule has 22 heavy (non-hydrogen) atoms. The standard InChI is InChI=1S/C16H22N4O2/c1-16(8-6-14(21)20-16)10-18-15(17)19-12-7-9-22-13-5-3-2-4-11(12)13/h2-5,12H,6-10H2,1H3,(H,20,21)(H3,17,18,19). The lowest BCUT2D eigenvalue weighted by atomic mass is 10.0. The first-order valence-electron chi connectivity index (χ1n) is 7.65. The van der Waals surface area contributed by atoms with Crippen LogP contribution in [0.1, 0.15) is 37.8 Å². The molecule has 0 aliphatic carbocycles. The van der Waals surface area contributed by atoms with E-state index in [2.05, 4.69) is 15.6 Å². The Bertz CT molecular complexity index is 602. The molecule has 1 saturated heterocycles. The Morgan fingerprint density at radius 2 is 2.36 bits per heavy atom. The molecule has 2 heterocycles. The third kappa shape index (κ3) is 3.16. The first-order valence-corrected chi connectivity index (χ1v) is 7.65. The summed E-state index contributed by atoms with van der Waals surface area (Å²) in [6.45, 7) is 3.15. The fourth-order valence-corrected chi connectivity index (χ4v) is 2.95. The molecule has 4 N–H and O–H groups in total. The summed E-state index contributed by atoms with van der Waals surface area (Å²) in [6, 6.07) is 8.07. The second-order valence-electron chi connectivity index (χ2n) is 6.18. The van der Waals surface area contributed by atoms with Crippen molar-refractivity contribution in [1.29, 1.82) is 0 Å². The fourth-order valence-electron chi connectivity index (χ4n) is 2.95. The van der Waals surface area contributed by atoms with Crippen LogP contribution in [0.15, 0.2) is 29.3 Å². The molecule has 1 aromatic rings. The minimum Gasteiger partial charge on any atom is -0.493 e. The first kappa shape index (κ1) is 14.7. The molecule has 6 nitrogen and oxygen atoms in total. The number of aliphatic imine (C=N–C) groups is 1. The van der Waals surface area contributed by atoms with Gasteiger partial charge in [-0.3, -0.25) is 9.79 Å². The lowest BCUT2D eigenvalue weighted by Crippen LogP contribution is -2.43. The lowest BCUT2D eigenvalue weighted by molar-refractivity contribution is -0.119. The van der Waals surface area contributed by atoms with Gasteiger partial charge in [0.1, 0.15) is 5.75 Å². The van der Waals surface area contributed by atoms with Crippen molar-refractivity contribution in [3.8, 4) is 5.75 Å². The number of nitrogens with zero attached hydrogens (tertiary/aromatic N) is 1. The van der Waals surface area contributed by atoms with Crippen LogP contribution in [0, 0.1) is 0 Å². The van der Waals surface area contributed by atoms with Crippen LogP contribution >= 0.6 is 0 Å². The summed E-state index contributed by atoms with van der Waals surface area (Å²) in [5.74, 6) is 1.39. The average Bonchev–Trinajstić information content (AvgIpc) is 2.86. The predicted octanol–water partition coefficient (Wildman–Crippen LogP) is 1.08. The van der Waals surface area contributed by atoms with Crippen molar-refractivity contribution in [1.82, 2.24) is 10.6 Å². The Hall–Kier alpha value is -2.24. The molecule has 0 saturated carbocycles. The number of para-hydroxylation sites is 1. The molecule has 118 valence electrons. The minimum atomic E-state index is -0.281. The van der Waals surface area contributed by atoms with Crippen LogP contribution in [0.4, 0.5) is 0 Å². The topological polar surface area (TPSA) is 88.7 Å². The van der Waals surface area contributed by atoms with E-state index in [0.717, 1.165) is 24.2 Å². The highest BCUT2D eigenvalue weighted by Crippen LogP contribution is 2.31. The number of guanidine groups is 1. The second kappa shape index (κ2) is 5.87. The van der Waals surface area contributed by atoms with Gasteiger partial charge in [0.05, 0.1) is 24.7 Å². The zero-order valence-corrected chi connectivity index (χ0v) is 12.8. The van der Waals surface area contributed by atoms with Crippen LogP contribution in [0.5, 0.6) is 5.75 Å². The molecule has 1 amide bonds.